The summed E-state index contributed by atoms with van der Waals surface area (Å²) in [5, 5.41) is 2.97. The maximum absolute atomic E-state index is 13.5. The van der Waals surface area contributed by atoms with Gasteiger partial charge >= 0.3 is 0 Å². The number of nitrogens with zero attached hydrogens (tertiary/aromatic N) is 2. The lowest BCUT2D eigenvalue weighted by molar-refractivity contribution is -0.117. The maximum atomic E-state index is 13.5. The third-order valence-corrected chi connectivity index (χ3v) is 8.83. The number of benzene rings is 3. The van der Waals surface area contributed by atoms with E-state index in [2.05, 4.69) is 17.1 Å². The number of nitrogens with one attached hydrogen (secondary N) is 1. The molecule has 0 aliphatic carbocycles. The summed E-state index contributed by atoms with van der Waals surface area (Å²) < 4.78 is 33.9. The number of hydrogen-bond acceptors (Lipinski definition) is 5. The number of para-hydroxylation sites is 1. The van der Waals surface area contributed by atoms with Gasteiger partial charge in [0.15, 0.2) is 0 Å². The van der Waals surface area contributed by atoms with E-state index in [0.29, 0.717) is 30.3 Å². The van der Waals surface area contributed by atoms with Crippen LogP contribution in [0.25, 0.3) is 0 Å². The van der Waals surface area contributed by atoms with Crippen molar-refractivity contribution in [2.24, 2.45) is 5.92 Å². The molecule has 1 fully saturated rings. The summed E-state index contributed by atoms with van der Waals surface area (Å²) in [6.45, 7) is 4.13. The van der Waals surface area contributed by atoms with E-state index in [1.165, 1.54) is 0 Å². The van der Waals surface area contributed by atoms with E-state index in [0.717, 1.165) is 37.2 Å². The molecule has 0 bridgehead atoms. The van der Waals surface area contributed by atoms with Gasteiger partial charge in [-0.05, 0) is 68.6 Å². The SMILES string of the molecule is COc1cccc(NC(=O)CC2CCN([C@H](C)CN(c3ccccc3)S(=O)(=O)Cc3ccccc3)CC2)c1. The Kier molecular flexibility index (Phi) is 9.42. The van der Waals surface area contributed by atoms with Crippen molar-refractivity contribution in [2.45, 2.75) is 38.0 Å². The Labute approximate surface area is 226 Å². The van der Waals surface area contributed by atoms with Crippen LogP contribution in [-0.4, -0.2) is 52.0 Å². The summed E-state index contributed by atoms with van der Waals surface area (Å²) in [6.07, 6.45) is 2.27. The third-order valence-electron chi connectivity index (χ3n) is 7.10. The van der Waals surface area contributed by atoms with Gasteiger partial charge < -0.3 is 10.1 Å². The zero-order valence-corrected chi connectivity index (χ0v) is 22.9. The largest absolute Gasteiger partial charge is 0.497 e. The molecule has 0 radical (unpaired) electrons. The van der Waals surface area contributed by atoms with Crippen LogP contribution in [0.5, 0.6) is 5.75 Å². The number of hydrogen-bond donors (Lipinski definition) is 1. The number of carbonyl (C=O) groups is 1. The Morgan fingerprint density at radius 3 is 2.32 bits per heavy atom. The standard InChI is InChI=1S/C30H37N3O4S/c1-24(22-33(28-13-7-4-8-14-28)38(35,36)23-26-10-5-3-6-11-26)32-18-16-25(17-19-32)20-30(34)31-27-12-9-15-29(21-27)37-2/h3-15,21,24-25H,16-20,22-23H2,1-2H3,(H,31,34)/t24-/m1/s1. The monoisotopic (exact) mass is 535 g/mol. The first-order chi connectivity index (χ1) is 18.3. The molecule has 202 valence electrons. The van der Waals surface area contributed by atoms with Crippen LogP contribution in [0, 0.1) is 5.92 Å². The molecule has 1 amide bonds. The van der Waals surface area contributed by atoms with E-state index in [1.807, 2.05) is 84.9 Å². The molecule has 8 heteroatoms. The minimum absolute atomic E-state index is 0.00649. The van der Waals surface area contributed by atoms with E-state index in [-0.39, 0.29) is 17.7 Å². The summed E-state index contributed by atoms with van der Waals surface area (Å²) >= 11 is 0. The first-order valence-electron chi connectivity index (χ1n) is 13.1. The number of rotatable bonds is 11. The number of likely N-dealkylation sites (tertiary alicyclic amines) is 1. The van der Waals surface area contributed by atoms with Crippen LogP contribution in [0.1, 0.15) is 31.7 Å². The van der Waals surface area contributed by atoms with Crippen LogP contribution in [0.4, 0.5) is 11.4 Å². The van der Waals surface area contributed by atoms with E-state index < -0.39 is 10.0 Å². The summed E-state index contributed by atoms with van der Waals surface area (Å²) in [5.74, 6) is 0.975. The van der Waals surface area contributed by atoms with E-state index in [9.17, 15) is 13.2 Å². The first kappa shape index (κ1) is 27.7. The number of amides is 1. The molecular formula is C30H37N3O4S. The van der Waals surface area contributed by atoms with E-state index in [1.54, 1.807) is 11.4 Å². The second-order valence-electron chi connectivity index (χ2n) is 9.92. The second kappa shape index (κ2) is 12.9. The molecule has 1 aliphatic rings. The van der Waals surface area contributed by atoms with Gasteiger partial charge in [-0.1, -0.05) is 54.6 Å². The van der Waals surface area contributed by atoms with Crippen molar-refractivity contribution in [1.82, 2.24) is 4.90 Å². The lowest BCUT2D eigenvalue weighted by Gasteiger charge is -2.38. The van der Waals surface area contributed by atoms with Gasteiger partial charge in [0.25, 0.3) is 0 Å². The number of ether oxygens (including phenoxy) is 1. The highest BCUT2D eigenvalue weighted by atomic mass is 32.2. The fraction of sp³-hybridized carbons (Fsp3) is 0.367. The number of anilines is 2. The van der Waals surface area contributed by atoms with Gasteiger partial charge in [-0.25, -0.2) is 8.42 Å². The Balaban J connectivity index is 1.34. The molecule has 0 aromatic heterocycles. The lowest BCUT2D eigenvalue weighted by atomic mass is 9.92. The molecular weight excluding hydrogens is 498 g/mol. The van der Waals surface area contributed by atoms with E-state index in [4.69, 9.17) is 4.74 Å². The molecule has 3 aromatic carbocycles. The van der Waals surface area contributed by atoms with Crippen LogP contribution in [0.3, 0.4) is 0 Å². The average molecular weight is 536 g/mol. The number of methoxy groups -OCH3 is 1. The molecule has 4 rings (SSSR count). The van der Waals surface area contributed by atoms with Crippen LogP contribution < -0.4 is 14.4 Å². The molecule has 1 atom stereocenters. The second-order valence-corrected chi connectivity index (χ2v) is 11.8. The van der Waals surface area contributed by atoms with E-state index >= 15 is 0 Å². The lowest BCUT2D eigenvalue weighted by Crippen LogP contribution is -2.48. The zero-order chi connectivity index (χ0) is 27.0. The van der Waals surface area contributed by atoms with Gasteiger partial charge in [0.1, 0.15) is 5.75 Å². The van der Waals surface area contributed by atoms with Gasteiger partial charge in [-0.15, -0.1) is 0 Å². The molecule has 7 nitrogen and oxygen atoms in total. The molecule has 1 aliphatic heterocycles. The van der Waals surface area contributed by atoms with Gasteiger partial charge in [-0.3, -0.25) is 14.0 Å². The summed E-state index contributed by atoms with van der Waals surface area (Å²) in [6, 6.07) is 26.0. The Morgan fingerprint density at radius 2 is 1.66 bits per heavy atom. The topological polar surface area (TPSA) is 79.0 Å². The first-order valence-corrected chi connectivity index (χ1v) is 14.7. The fourth-order valence-corrected chi connectivity index (χ4v) is 6.62. The summed E-state index contributed by atoms with van der Waals surface area (Å²) in [7, 11) is -1.97. The minimum atomic E-state index is -3.58. The molecule has 3 aromatic rings. The normalized spacial score (nSPS) is 15.5. The van der Waals surface area contributed by atoms with Crippen LogP contribution in [0.2, 0.25) is 0 Å². The van der Waals surface area contributed by atoms with Crippen molar-refractivity contribution in [3.8, 4) is 5.75 Å². The number of carbonyl (C=O) groups excluding carboxylic acids is 1. The van der Waals surface area contributed by atoms with Crippen LogP contribution in [0.15, 0.2) is 84.9 Å². The van der Waals surface area contributed by atoms with Gasteiger partial charge in [0, 0.05) is 30.8 Å². The van der Waals surface area contributed by atoms with Gasteiger partial charge in [0.05, 0.1) is 18.6 Å². The summed E-state index contributed by atoms with van der Waals surface area (Å²) in [4.78, 5) is 15.0. The molecule has 0 saturated carbocycles. The van der Waals surface area contributed by atoms with Crippen molar-refractivity contribution in [2.75, 3.05) is 36.4 Å². The predicted octanol–water partition coefficient (Wildman–Crippen LogP) is 5.16. The maximum Gasteiger partial charge on any atom is 0.239 e. The molecule has 1 N–H and O–H groups in total. The smallest absolute Gasteiger partial charge is 0.239 e. The molecule has 38 heavy (non-hydrogen) atoms. The van der Waals surface area contributed by atoms with Crippen molar-refractivity contribution < 1.29 is 17.9 Å². The van der Waals surface area contributed by atoms with Crippen LogP contribution in [-0.2, 0) is 20.6 Å². The third kappa shape index (κ3) is 7.58. The highest BCUT2D eigenvalue weighted by Gasteiger charge is 2.29. The highest BCUT2D eigenvalue weighted by molar-refractivity contribution is 7.92. The summed E-state index contributed by atoms with van der Waals surface area (Å²) in [5.41, 5.74) is 2.19. The quantitative estimate of drug-likeness (QED) is 0.367. The Bertz CT molecular complexity index is 1280. The fourth-order valence-electron chi connectivity index (χ4n) is 4.96. The van der Waals surface area contributed by atoms with Gasteiger partial charge in [0.2, 0.25) is 15.9 Å². The molecule has 1 heterocycles. The molecule has 0 unspecified atom stereocenters. The molecule has 1 saturated heterocycles. The Morgan fingerprint density at radius 1 is 1.00 bits per heavy atom. The van der Waals surface area contributed by atoms with Crippen LogP contribution >= 0.6 is 0 Å². The van der Waals surface area contributed by atoms with Crippen molar-refractivity contribution >= 4 is 27.3 Å². The van der Waals surface area contributed by atoms with Crippen molar-refractivity contribution in [1.29, 1.82) is 0 Å². The highest BCUT2D eigenvalue weighted by Crippen LogP contribution is 2.26. The number of piperidine rings is 1. The number of sulfonamides is 1. The minimum Gasteiger partial charge on any atom is -0.497 e. The van der Waals surface area contributed by atoms with Crippen molar-refractivity contribution in [3.05, 3.63) is 90.5 Å². The Hall–Kier alpha value is -3.36. The zero-order valence-electron chi connectivity index (χ0n) is 22.1. The van der Waals surface area contributed by atoms with Crippen molar-refractivity contribution in [3.63, 3.8) is 0 Å². The molecule has 0 spiro atoms. The average Bonchev–Trinajstić information content (AvgIpc) is 2.92. The predicted molar refractivity (Wildman–Crippen MR) is 153 cm³/mol. The van der Waals surface area contributed by atoms with Gasteiger partial charge in [-0.2, -0.15) is 0 Å².